The number of carbonyl (C=O) groups excluding carboxylic acids is 4. The van der Waals surface area contributed by atoms with Crippen molar-refractivity contribution in [2.75, 3.05) is 0 Å². The summed E-state index contributed by atoms with van der Waals surface area (Å²) in [5, 5.41) is 0. The van der Waals surface area contributed by atoms with E-state index in [0.29, 0.717) is 0 Å². The molecule has 0 N–H and O–H groups in total. The standard InChI is InChI=1S/C11H12O6/c1-10(2)5(7(13)16-4-12)11(3)6(10)8(14)17-9(11)15/h4-6H,1-3H3. The zero-order valence-corrected chi connectivity index (χ0v) is 9.68. The van der Waals surface area contributed by atoms with Gasteiger partial charge in [-0.05, 0) is 12.3 Å². The lowest BCUT2D eigenvalue weighted by molar-refractivity contribution is -0.197. The molecule has 0 radical (unpaired) electrons. The zero-order chi connectivity index (χ0) is 13.0. The van der Waals surface area contributed by atoms with Gasteiger partial charge in [-0.1, -0.05) is 13.8 Å². The first-order valence-corrected chi connectivity index (χ1v) is 5.18. The van der Waals surface area contributed by atoms with Crippen molar-refractivity contribution >= 4 is 24.4 Å². The maximum Gasteiger partial charge on any atom is 0.321 e. The van der Waals surface area contributed by atoms with E-state index in [-0.39, 0.29) is 6.47 Å². The van der Waals surface area contributed by atoms with E-state index in [0.717, 1.165) is 0 Å². The number of rotatable bonds is 2. The van der Waals surface area contributed by atoms with E-state index in [1.54, 1.807) is 13.8 Å². The molecule has 6 heteroatoms. The summed E-state index contributed by atoms with van der Waals surface area (Å²) in [5.74, 6) is -3.64. The van der Waals surface area contributed by atoms with Gasteiger partial charge in [0.25, 0.3) is 0 Å². The second kappa shape index (κ2) is 3.15. The Morgan fingerprint density at radius 3 is 2.47 bits per heavy atom. The molecule has 0 aromatic heterocycles. The molecule has 0 aromatic carbocycles. The maximum absolute atomic E-state index is 11.7. The van der Waals surface area contributed by atoms with Crippen molar-refractivity contribution in [1.82, 2.24) is 0 Å². The van der Waals surface area contributed by atoms with Crippen LogP contribution in [0.5, 0.6) is 0 Å². The van der Waals surface area contributed by atoms with Gasteiger partial charge in [0.2, 0.25) is 0 Å². The number of ether oxygens (including phenoxy) is 2. The van der Waals surface area contributed by atoms with Crippen LogP contribution in [-0.2, 0) is 28.7 Å². The first-order chi connectivity index (χ1) is 7.77. The van der Waals surface area contributed by atoms with Gasteiger partial charge in [-0.25, -0.2) is 0 Å². The summed E-state index contributed by atoms with van der Waals surface area (Å²) < 4.78 is 8.87. The molecule has 3 unspecified atom stereocenters. The van der Waals surface area contributed by atoms with Gasteiger partial charge in [0.05, 0.1) is 17.3 Å². The second-order valence-corrected chi connectivity index (χ2v) is 5.21. The summed E-state index contributed by atoms with van der Waals surface area (Å²) in [6.45, 7) is 4.87. The van der Waals surface area contributed by atoms with Gasteiger partial charge < -0.3 is 9.47 Å². The number of hydrogen-bond acceptors (Lipinski definition) is 6. The minimum atomic E-state index is -1.21. The van der Waals surface area contributed by atoms with Crippen molar-refractivity contribution < 1.29 is 28.7 Å². The van der Waals surface area contributed by atoms with Crippen LogP contribution in [0.25, 0.3) is 0 Å². The van der Waals surface area contributed by atoms with Crippen LogP contribution in [0.2, 0.25) is 0 Å². The van der Waals surface area contributed by atoms with Crippen molar-refractivity contribution in [3.8, 4) is 0 Å². The van der Waals surface area contributed by atoms with E-state index in [4.69, 9.17) is 0 Å². The molecule has 2 aliphatic rings. The Hall–Kier alpha value is -1.72. The van der Waals surface area contributed by atoms with E-state index < -0.39 is 40.6 Å². The van der Waals surface area contributed by atoms with E-state index in [1.807, 2.05) is 0 Å². The van der Waals surface area contributed by atoms with E-state index in [1.165, 1.54) is 6.92 Å². The molecule has 0 spiro atoms. The molecule has 1 saturated carbocycles. The summed E-state index contributed by atoms with van der Waals surface area (Å²) >= 11 is 0. The fourth-order valence-corrected chi connectivity index (χ4v) is 3.49. The lowest BCUT2D eigenvalue weighted by atomic mass is 9.41. The van der Waals surface area contributed by atoms with Crippen LogP contribution in [0.4, 0.5) is 0 Å². The third-order valence-corrected chi connectivity index (χ3v) is 3.96. The van der Waals surface area contributed by atoms with Crippen molar-refractivity contribution in [3.05, 3.63) is 0 Å². The van der Waals surface area contributed by atoms with Crippen molar-refractivity contribution in [2.24, 2.45) is 22.7 Å². The minimum Gasteiger partial charge on any atom is -0.395 e. The number of fused-ring (bicyclic) bond motifs is 1. The maximum atomic E-state index is 11.7. The van der Waals surface area contributed by atoms with Gasteiger partial charge in [-0.2, -0.15) is 0 Å². The summed E-state index contributed by atoms with van der Waals surface area (Å²) in [4.78, 5) is 45.0. The average molecular weight is 240 g/mol. The summed E-state index contributed by atoms with van der Waals surface area (Å²) in [5.41, 5.74) is -1.96. The summed E-state index contributed by atoms with van der Waals surface area (Å²) in [6, 6.07) is 0. The Kier molecular flexibility index (Phi) is 2.18. The second-order valence-electron chi connectivity index (χ2n) is 5.21. The lowest BCUT2D eigenvalue weighted by Gasteiger charge is -2.56. The molecule has 1 heterocycles. The average Bonchev–Trinajstić information content (AvgIpc) is 2.34. The van der Waals surface area contributed by atoms with Crippen molar-refractivity contribution in [3.63, 3.8) is 0 Å². The van der Waals surface area contributed by atoms with Crippen molar-refractivity contribution in [1.29, 1.82) is 0 Å². The van der Waals surface area contributed by atoms with Gasteiger partial charge in [-0.3, -0.25) is 19.2 Å². The Morgan fingerprint density at radius 2 is 1.94 bits per heavy atom. The monoisotopic (exact) mass is 240 g/mol. The molecule has 2 fully saturated rings. The predicted octanol–water partition coefficient (Wildman–Crippen LogP) is 0.0479. The highest BCUT2D eigenvalue weighted by molar-refractivity contribution is 6.05. The van der Waals surface area contributed by atoms with E-state index >= 15 is 0 Å². The van der Waals surface area contributed by atoms with Crippen molar-refractivity contribution in [2.45, 2.75) is 20.8 Å². The topological polar surface area (TPSA) is 86.7 Å². The van der Waals surface area contributed by atoms with Gasteiger partial charge >= 0.3 is 24.4 Å². The van der Waals surface area contributed by atoms with E-state index in [2.05, 4.69) is 9.47 Å². The van der Waals surface area contributed by atoms with Crippen LogP contribution in [0.15, 0.2) is 0 Å². The highest BCUT2D eigenvalue weighted by Crippen LogP contribution is 2.67. The predicted molar refractivity (Wildman–Crippen MR) is 52.1 cm³/mol. The third-order valence-electron chi connectivity index (χ3n) is 3.96. The van der Waals surface area contributed by atoms with Crippen LogP contribution in [0.1, 0.15) is 20.8 Å². The van der Waals surface area contributed by atoms with Gasteiger partial charge in [-0.15, -0.1) is 0 Å². The Morgan fingerprint density at radius 1 is 1.35 bits per heavy atom. The van der Waals surface area contributed by atoms with Crippen LogP contribution in [0, 0.1) is 22.7 Å². The lowest BCUT2D eigenvalue weighted by Crippen LogP contribution is -2.65. The number of hydrogen-bond donors (Lipinski definition) is 0. The highest BCUT2D eigenvalue weighted by atomic mass is 16.6. The number of esters is 3. The smallest absolute Gasteiger partial charge is 0.321 e. The normalized spacial score (nSPS) is 37.8. The van der Waals surface area contributed by atoms with E-state index in [9.17, 15) is 19.2 Å². The van der Waals surface area contributed by atoms with Gasteiger partial charge in [0, 0.05) is 0 Å². The molecule has 3 atom stereocenters. The van der Waals surface area contributed by atoms with Gasteiger partial charge in [0.1, 0.15) is 0 Å². The van der Waals surface area contributed by atoms with Crippen LogP contribution in [0.3, 0.4) is 0 Å². The first kappa shape index (κ1) is 11.8. The molecular weight excluding hydrogens is 228 g/mol. The Balaban J connectivity index is 2.41. The molecule has 6 nitrogen and oxygen atoms in total. The van der Waals surface area contributed by atoms with Crippen LogP contribution in [-0.4, -0.2) is 24.4 Å². The molecule has 1 aliphatic carbocycles. The fourth-order valence-electron chi connectivity index (χ4n) is 3.49. The quantitative estimate of drug-likeness (QED) is 0.385. The number of carbonyl (C=O) groups is 4. The fraction of sp³-hybridized carbons (Fsp3) is 0.636. The first-order valence-electron chi connectivity index (χ1n) is 5.18. The molecule has 0 bridgehead atoms. The minimum absolute atomic E-state index is 0.0250. The molecule has 0 amide bonds. The SMILES string of the molecule is CC1(C)C(C(=O)OC=O)C2(C)C(=O)OC(=O)C12. The molecule has 0 aromatic rings. The molecule has 17 heavy (non-hydrogen) atoms. The molecule has 1 aliphatic heterocycles. The molecule has 1 saturated heterocycles. The Bertz CT molecular complexity index is 437. The number of cyclic esters (lactones) is 2. The van der Waals surface area contributed by atoms with Gasteiger partial charge in [0.15, 0.2) is 0 Å². The Labute approximate surface area is 97.3 Å². The summed E-state index contributed by atoms with van der Waals surface area (Å²) in [7, 11) is 0. The largest absolute Gasteiger partial charge is 0.395 e. The molecule has 92 valence electrons. The highest BCUT2D eigenvalue weighted by Gasteiger charge is 2.78. The van der Waals surface area contributed by atoms with Crippen LogP contribution >= 0.6 is 0 Å². The third kappa shape index (κ3) is 1.15. The zero-order valence-electron chi connectivity index (χ0n) is 9.68. The summed E-state index contributed by atoms with van der Waals surface area (Å²) in [6.07, 6.45) is 0. The van der Waals surface area contributed by atoms with Crippen LogP contribution < -0.4 is 0 Å². The molecular formula is C11H12O6. The molecule has 2 rings (SSSR count).